The molecule has 0 aromatic heterocycles. The lowest BCUT2D eigenvalue weighted by molar-refractivity contribution is 0.210. The first kappa shape index (κ1) is 14.2. The third-order valence-electron chi connectivity index (χ3n) is 3.35. The van der Waals surface area contributed by atoms with Crippen LogP contribution in [0.1, 0.15) is 43.9 Å². The van der Waals surface area contributed by atoms with Crippen molar-refractivity contribution in [2.45, 2.75) is 45.7 Å². The topological polar surface area (TPSA) is 29.3 Å². The first-order chi connectivity index (χ1) is 8.10. The summed E-state index contributed by atoms with van der Waals surface area (Å²) < 4.78 is 0. The molecule has 0 heterocycles. The van der Waals surface area contributed by atoms with Crippen LogP contribution in [0.5, 0.6) is 0 Å². The van der Waals surface area contributed by atoms with E-state index in [9.17, 15) is 0 Å². The molecular weight excluding hydrogens is 208 g/mol. The maximum atomic E-state index is 6.28. The van der Waals surface area contributed by atoms with E-state index in [4.69, 9.17) is 5.73 Å². The van der Waals surface area contributed by atoms with Crippen LogP contribution in [0.2, 0.25) is 0 Å². The summed E-state index contributed by atoms with van der Waals surface area (Å²) >= 11 is 0. The quantitative estimate of drug-likeness (QED) is 0.819. The molecule has 0 aliphatic rings. The zero-order valence-electron chi connectivity index (χ0n) is 11.6. The maximum Gasteiger partial charge on any atom is 0.0496 e. The summed E-state index contributed by atoms with van der Waals surface area (Å²) in [6, 6.07) is 9.30. The van der Waals surface area contributed by atoms with Crippen molar-refractivity contribution in [3.8, 4) is 0 Å². The van der Waals surface area contributed by atoms with Gasteiger partial charge in [-0.3, -0.25) is 4.90 Å². The van der Waals surface area contributed by atoms with Crippen molar-refractivity contribution in [3.63, 3.8) is 0 Å². The third-order valence-corrected chi connectivity index (χ3v) is 3.35. The Kier molecular flexibility index (Phi) is 5.66. The second-order valence-electron chi connectivity index (χ2n) is 4.91. The summed E-state index contributed by atoms with van der Waals surface area (Å²) in [6.07, 6.45) is 2.17. The molecule has 0 spiro atoms. The van der Waals surface area contributed by atoms with E-state index in [0.717, 1.165) is 19.4 Å². The Balaban J connectivity index is 2.93. The number of likely N-dealkylation sites (N-methyl/N-ethyl adjacent to an activating group) is 1. The van der Waals surface area contributed by atoms with E-state index in [2.05, 4.69) is 57.0 Å². The van der Waals surface area contributed by atoms with Gasteiger partial charge in [0.2, 0.25) is 0 Å². The molecule has 0 saturated heterocycles. The van der Waals surface area contributed by atoms with Gasteiger partial charge in [-0.1, -0.05) is 43.7 Å². The van der Waals surface area contributed by atoms with E-state index in [1.165, 1.54) is 11.1 Å². The molecule has 2 N–H and O–H groups in total. The van der Waals surface area contributed by atoms with E-state index in [0.29, 0.717) is 6.04 Å². The summed E-state index contributed by atoms with van der Waals surface area (Å²) in [6.45, 7) is 7.58. The summed E-state index contributed by atoms with van der Waals surface area (Å²) in [5.41, 5.74) is 8.91. The molecule has 17 heavy (non-hydrogen) atoms. The fourth-order valence-electron chi connectivity index (χ4n) is 2.31. The van der Waals surface area contributed by atoms with Gasteiger partial charge in [0.1, 0.15) is 0 Å². The number of aryl methyl sites for hydroxylation is 1. The molecular formula is C15H26N2. The molecule has 2 unspecified atom stereocenters. The molecule has 2 heteroatoms. The minimum absolute atomic E-state index is 0.203. The van der Waals surface area contributed by atoms with Crippen LogP contribution < -0.4 is 5.73 Å². The molecule has 2 nitrogen and oxygen atoms in total. The van der Waals surface area contributed by atoms with Gasteiger partial charge in [-0.25, -0.2) is 0 Å². The normalized spacial score (nSPS) is 14.9. The van der Waals surface area contributed by atoms with Gasteiger partial charge >= 0.3 is 0 Å². The first-order valence-electron chi connectivity index (χ1n) is 6.62. The lowest BCUT2D eigenvalue weighted by atomic mass is 9.96. The zero-order chi connectivity index (χ0) is 12.8. The van der Waals surface area contributed by atoms with E-state index >= 15 is 0 Å². The molecule has 0 fully saturated rings. The molecule has 0 bridgehead atoms. The Hall–Kier alpha value is -0.860. The molecule has 0 saturated carbocycles. The standard InChI is InChI=1S/C15H26N2/c1-5-11-17(4)15(14(16)6-2)13-9-7-12(3)8-10-13/h7-10,14-15H,5-6,11,16H2,1-4H3. The van der Waals surface area contributed by atoms with Gasteiger partial charge in [-0.15, -0.1) is 0 Å². The van der Waals surface area contributed by atoms with Crippen LogP contribution in [0.4, 0.5) is 0 Å². The summed E-state index contributed by atoms with van der Waals surface area (Å²) in [4.78, 5) is 2.37. The van der Waals surface area contributed by atoms with Crippen LogP contribution in [-0.4, -0.2) is 24.5 Å². The summed E-state index contributed by atoms with van der Waals surface area (Å²) in [5.74, 6) is 0. The van der Waals surface area contributed by atoms with Crippen LogP contribution in [0.3, 0.4) is 0 Å². The Morgan fingerprint density at radius 3 is 2.24 bits per heavy atom. The number of nitrogens with zero attached hydrogens (tertiary/aromatic N) is 1. The Morgan fingerprint density at radius 2 is 1.76 bits per heavy atom. The van der Waals surface area contributed by atoms with E-state index in [1.807, 2.05) is 0 Å². The molecule has 0 aliphatic carbocycles. The molecule has 96 valence electrons. The Morgan fingerprint density at radius 1 is 1.18 bits per heavy atom. The average molecular weight is 234 g/mol. The largest absolute Gasteiger partial charge is 0.326 e. The second kappa shape index (κ2) is 6.77. The zero-order valence-corrected chi connectivity index (χ0v) is 11.6. The predicted octanol–water partition coefficient (Wildman–Crippen LogP) is 3.12. The fraction of sp³-hybridized carbons (Fsp3) is 0.600. The van der Waals surface area contributed by atoms with E-state index < -0.39 is 0 Å². The minimum Gasteiger partial charge on any atom is -0.326 e. The molecule has 1 aromatic carbocycles. The highest BCUT2D eigenvalue weighted by atomic mass is 15.1. The Bertz CT molecular complexity index is 318. The van der Waals surface area contributed by atoms with E-state index in [1.54, 1.807) is 0 Å². The highest BCUT2D eigenvalue weighted by molar-refractivity contribution is 5.25. The van der Waals surface area contributed by atoms with Crippen molar-refractivity contribution < 1.29 is 0 Å². The summed E-state index contributed by atoms with van der Waals surface area (Å²) in [7, 11) is 2.17. The smallest absolute Gasteiger partial charge is 0.0496 e. The maximum absolute atomic E-state index is 6.28. The SMILES string of the molecule is CCCN(C)C(c1ccc(C)cc1)C(N)CC. The average Bonchev–Trinajstić information content (AvgIpc) is 2.32. The van der Waals surface area contributed by atoms with Crippen molar-refractivity contribution >= 4 is 0 Å². The van der Waals surface area contributed by atoms with Crippen LogP contribution in [0.25, 0.3) is 0 Å². The van der Waals surface area contributed by atoms with Gasteiger partial charge in [-0.2, -0.15) is 0 Å². The van der Waals surface area contributed by atoms with Crippen molar-refractivity contribution in [2.75, 3.05) is 13.6 Å². The molecule has 2 atom stereocenters. The summed E-state index contributed by atoms with van der Waals surface area (Å²) in [5, 5.41) is 0. The van der Waals surface area contributed by atoms with E-state index in [-0.39, 0.29) is 6.04 Å². The van der Waals surface area contributed by atoms with Crippen LogP contribution >= 0.6 is 0 Å². The Labute approximate surface area is 106 Å². The number of hydrogen-bond acceptors (Lipinski definition) is 2. The predicted molar refractivity (Wildman–Crippen MR) is 75.1 cm³/mol. The van der Waals surface area contributed by atoms with Gasteiger partial charge in [-0.05, 0) is 38.9 Å². The molecule has 1 aromatic rings. The van der Waals surface area contributed by atoms with Gasteiger partial charge < -0.3 is 5.73 Å². The highest BCUT2D eigenvalue weighted by Crippen LogP contribution is 2.24. The third kappa shape index (κ3) is 3.83. The van der Waals surface area contributed by atoms with Gasteiger partial charge in [0.05, 0.1) is 0 Å². The molecule has 0 radical (unpaired) electrons. The van der Waals surface area contributed by atoms with Gasteiger partial charge in [0, 0.05) is 12.1 Å². The fourth-order valence-corrected chi connectivity index (χ4v) is 2.31. The van der Waals surface area contributed by atoms with Gasteiger partial charge in [0.25, 0.3) is 0 Å². The molecule has 1 rings (SSSR count). The van der Waals surface area contributed by atoms with Crippen molar-refractivity contribution in [3.05, 3.63) is 35.4 Å². The van der Waals surface area contributed by atoms with Crippen molar-refractivity contribution in [2.24, 2.45) is 5.73 Å². The number of benzene rings is 1. The molecule has 0 amide bonds. The molecule has 0 aliphatic heterocycles. The number of nitrogens with two attached hydrogens (primary N) is 1. The number of rotatable bonds is 6. The van der Waals surface area contributed by atoms with Crippen molar-refractivity contribution in [1.82, 2.24) is 4.90 Å². The van der Waals surface area contributed by atoms with Crippen molar-refractivity contribution in [1.29, 1.82) is 0 Å². The highest BCUT2D eigenvalue weighted by Gasteiger charge is 2.22. The first-order valence-corrected chi connectivity index (χ1v) is 6.62. The lowest BCUT2D eigenvalue weighted by Gasteiger charge is -2.32. The minimum atomic E-state index is 0.203. The monoisotopic (exact) mass is 234 g/mol. The van der Waals surface area contributed by atoms with Crippen LogP contribution in [0.15, 0.2) is 24.3 Å². The number of hydrogen-bond donors (Lipinski definition) is 1. The van der Waals surface area contributed by atoms with Crippen LogP contribution in [0, 0.1) is 6.92 Å². The lowest BCUT2D eigenvalue weighted by Crippen LogP contribution is -2.39. The van der Waals surface area contributed by atoms with Crippen LogP contribution in [-0.2, 0) is 0 Å². The van der Waals surface area contributed by atoms with Gasteiger partial charge in [0.15, 0.2) is 0 Å². The second-order valence-corrected chi connectivity index (χ2v) is 4.91.